The van der Waals surface area contributed by atoms with Crippen molar-refractivity contribution in [3.05, 3.63) is 16.6 Å². The second-order valence-corrected chi connectivity index (χ2v) is 3.85. The first-order chi connectivity index (χ1) is 6.15. The van der Waals surface area contributed by atoms with Gasteiger partial charge in [0, 0.05) is 18.8 Å². The van der Waals surface area contributed by atoms with Crippen molar-refractivity contribution in [1.29, 1.82) is 0 Å². The first kappa shape index (κ1) is 10.7. The Kier molecular flexibility index (Phi) is 3.93. The second kappa shape index (κ2) is 4.77. The van der Waals surface area contributed by atoms with E-state index in [-0.39, 0.29) is 0 Å². The van der Waals surface area contributed by atoms with Crippen molar-refractivity contribution in [2.75, 3.05) is 6.61 Å². The minimum Gasteiger partial charge on any atom is -0.375 e. The topological polar surface area (TPSA) is 27.1 Å². The number of hydrogen-bond acceptors (Lipinski definition) is 2. The molecular weight excluding hydrogens is 232 g/mol. The van der Waals surface area contributed by atoms with Crippen LogP contribution in [-0.2, 0) is 11.3 Å². The van der Waals surface area contributed by atoms with E-state index in [0.717, 1.165) is 17.0 Å². The van der Waals surface area contributed by atoms with Crippen LogP contribution in [0.2, 0.25) is 0 Å². The van der Waals surface area contributed by atoms with E-state index < -0.39 is 0 Å². The van der Waals surface area contributed by atoms with Gasteiger partial charge in [0.25, 0.3) is 0 Å². The summed E-state index contributed by atoms with van der Waals surface area (Å²) in [6.07, 6.45) is 2.02. The molecule has 1 aromatic rings. The van der Waals surface area contributed by atoms with Crippen molar-refractivity contribution in [2.24, 2.45) is 0 Å². The number of hydrogen-bond donors (Lipinski definition) is 0. The normalized spacial score (nSPS) is 11.2. The minimum atomic E-state index is 0.428. The molecule has 0 radical (unpaired) electrons. The van der Waals surface area contributed by atoms with Crippen molar-refractivity contribution < 1.29 is 4.74 Å². The van der Waals surface area contributed by atoms with Crippen LogP contribution in [0.3, 0.4) is 0 Å². The zero-order chi connectivity index (χ0) is 9.84. The average molecular weight is 247 g/mol. The summed E-state index contributed by atoms with van der Waals surface area (Å²) in [5.74, 6) is 0. The van der Waals surface area contributed by atoms with Crippen LogP contribution in [0.5, 0.6) is 0 Å². The third-order valence-electron chi connectivity index (χ3n) is 1.75. The summed E-state index contributed by atoms with van der Waals surface area (Å²) < 4.78 is 8.22. The molecule has 0 unspecified atom stereocenters. The summed E-state index contributed by atoms with van der Waals surface area (Å²) in [6.45, 7) is 7.54. The van der Waals surface area contributed by atoms with Gasteiger partial charge >= 0.3 is 0 Å². The SMILES string of the molecule is CCOCc1cn(C(C)C)c(Br)n1. The van der Waals surface area contributed by atoms with E-state index in [1.54, 1.807) is 0 Å². The monoisotopic (exact) mass is 246 g/mol. The average Bonchev–Trinajstić information content (AvgIpc) is 2.43. The van der Waals surface area contributed by atoms with Gasteiger partial charge in [0.1, 0.15) is 0 Å². The highest BCUT2D eigenvalue weighted by Crippen LogP contribution is 2.16. The van der Waals surface area contributed by atoms with E-state index in [9.17, 15) is 0 Å². The lowest BCUT2D eigenvalue weighted by atomic mass is 10.4. The molecule has 0 saturated carbocycles. The van der Waals surface area contributed by atoms with E-state index in [1.807, 2.05) is 13.1 Å². The van der Waals surface area contributed by atoms with Gasteiger partial charge in [-0.1, -0.05) is 0 Å². The van der Waals surface area contributed by atoms with Crippen LogP contribution in [0.15, 0.2) is 10.9 Å². The fourth-order valence-corrected chi connectivity index (χ4v) is 1.80. The largest absolute Gasteiger partial charge is 0.375 e. The zero-order valence-electron chi connectivity index (χ0n) is 8.25. The summed E-state index contributed by atoms with van der Waals surface area (Å²) >= 11 is 3.41. The molecule has 1 heterocycles. The van der Waals surface area contributed by atoms with Gasteiger partial charge in [-0.15, -0.1) is 0 Å². The number of imidazole rings is 1. The van der Waals surface area contributed by atoms with Crippen LogP contribution in [-0.4, -0.2) is 16.2 Å². The van der Waals surface area contributed by atoms with Gasteiger partial charge in [-0.05, 0) is 36.7 Å². The van der Waals surface area contributed by atoms with Crippen molar-refractivity contribution in [3.63, 3.8) is 0 Å². The maximum absolute atomic E-state index is 5.27. The maximum Gasteiger partial charge on any atom is 0.177 e. The highest BCUT2D eigenvalue weighted by Gasteiger charge is 2.07. The molecule has 0 aromatic carbocycles. The third kappa shape index (κ3) is 2.81. The van der Waals surface area contributed by atoms with Gasteiger partial charge in [0.15, 0.2) is 4.73 Å². The molecule has 0 N–H and O–H groups in total. The predicted octanol–water partition coefficient (Wildman–Crippen LogP) is 2.76. The van der Waals surface area contributed by atoms with Crippen molar-refractivity contribution >= 4 is 15.9 Å². The lowest BCUT2D eigenvalue weighted by Gasteiger charge is -2.06. The molecule has 3 nitrogen and oxygen atoms in total. The fraction of sp³-hybridized carbons (Fsp3) is 0.667. The van der Waals surface area contributed by atoms with E-state index in [1.165, 1.54) is 0 Å². The molecule has 0 spiro atoms. The summed E-state index contributed by atoms with van der Waals surface area (Å²) in [5, 5.41) is 0. The molecule has 13 heavy (non-hydrogen) atoms. The molecular formula is C9H15BrN2O. The molecule has 0 atom stereocenters. The Hall–Kier alpha value is -0.350. The first-order valence-corrected chi connectivity index (χ1v) is 5.25. The van der Waals surface area contributed by atoms with Crippen LogP contribution in [0, 0.1) is 0 Å². The van der Waals surface area contributed by atoms with Crippen LogP contribution in [0.1, 0.15) is 32.5 Å². The van der Waals surface area contributed by atoms with Crippen molar-refractivity contribution in [1.82, 2.24) is 9.55 Å². The smallest absolute Gasteiger partial charge is 0.177 e. The van der Waals surface area contributed by atoms with Crippen LogP contribution in [0.4, 0.5) is 0 Å². The van der Waals surface area contributed by atoms with E-state index in [2.05, 4.69) is 39.3 Å². The van der Waals surface area contributed by atoms with Crippen LogP contribution < -0.4 is 0 Å². The summed E-state index contributed by atoms with van der Waals surface area (Å²) in [5.41, 5.74) is 0.974. The Morgan fingerprint density at radius 2 is 2.31 bits per heavy atom. The van der Waals surface area contributed by atoms with Gasteiger partial charge in [-0.3, -0.25) is 0 Å². The molecule has 0 bridgehead atoms. The fourth-order valence-electron chi connectivity index (χ4n) is 1.06. The first-order valence-electron chi connectivity index (χ1n) is 4.46. The third-order valence-corrected chi connectivity index (χ3v) is 2.33. The van der Waals surface area contributed by atoms with Crippen LogP contribution in [0.25, 0.3) is 0 Å². The van der Waals surface area contributed by atoms with Gasteiger partial charge in [-0.25, -0.2) is 4.98 Å². The van der Waals surface area contributed by atoms with E-state index in [4.69, 9.17) is 4.74 Å². The highest BCUT2D eigenvalue weighted by atomic mass is 79.9. The number of nitrogens with zero attached hydrogens (tertiary/aromatic N) is 2. The molecule has 1 aromatic heterocycles. The maximum atomic E-state index is 5.27. The molecule has 74 valence electrons. The van der Waals surface area contributed by atoms with Gasteiger partial charge in [0.05, 0.1) is 12.3 Å². The summed E-state index contributed by atoms with van der Waals surface area (Å²) in [6, 6.07) is 0.428. The molecule has 1 rings (SSSR count). The highest BCUT2D eigenvalue weighted by molar-refractivity contribution is 9.10. The predicted molar refractivity (Wildman–Crippen MR) is 55.6 cm³/mol. The second-order valence-electron chi connectivity index (χ2n) is 3.14. The number of aromatic nitrogens is 2. The Morgan fingerprint density at radius 1 is 1.62 bits per heavy atom. The number of ether oxygens (including phenoxy) is 1. The zero-order valence-corrected chi connectivity index (χ0v) is 9.84. The lowest BCUT2D eigenvalue weighted by molar-refractivity contribution is 0.131. The Balaban J connectivity index is 2.71. The number of halogens is 1. The summed E-state index contributed by atoms with van der Waals surface area (Å²) in [4.78, 5) is 4.32. The minimum absolute atomic E-state index is 0.428. The molecule has 0 fully saturated rings. The molecule has 4 heteroatoms. The lowest BCUT2D eigenvalue weighted by Crippen LogP contribution is -1.98. The van der Waals surface area contributed by atoms with Crippen molar-refractivity contribution in [3.8, 4) is 0 Å². The molecule has 0 aliphatic rings. The van der Waals surface area contributed by atoms with Gasteiger partial charge in [0.2, 0.25) is 0 Å². The quantitative estimate of drug-likeness (QED) is 0.817. The molecule has 0 amide bonds. The molecule has 0 saturated heterocycles. The van der Waals surface area contributed by atoms with E-state index in [0.29, 0.717) is 12.6 Å². The Bertz CT molecular complexity index is 271. The molecule has 0 aliphatic heterocycles. The Morgan fingerprint density at radius 3 is 2.77 bits per heavy atom. The van der Waals surface area contributed by atoms with Crippen molar-refractivity contribution in [2.45, 2.75) is 33.4 Å². The Labute approximate surface area is 87.2 Å². The van der Waals surface area contributed by atoms with E-state index >= 15 is 0 Å². The number of rotatable bonds is 4. The van der Waals surface area contributed by atoms with Gasteiger partial charge in [-0.2, -0.15) is 0 Å². The molecule has 0 aliphatic carbocycles. The van der Waals surface area contributed by atoms with Gasteiger partial charge < -0.3 is 9.30 Å². The summed E-state index contributed by atoms with van der Waals surface area (Å²) in [7, 11) is 0. The standard InChI is InChI=1S/C9H15BrN2O/c1-4-13-6-8-5-12(7(2)3)9(10)11-8/h5,7H,4,6H2,1-3H3. The van der Waals surface area contributed by atoms with Crippen LogP contribution >= 0.6 is 15.9 Å².